The molecular weight excluding hydrogens is 254 g/mol. The van der Waals surface area contributed by atoms with Gasteiger partial charge < -0.3 is 19.5 Å². The van der Waals surface area contributed by atoms with Crippen molar-refractivity contribution in [2.75, 3.05) is 44.4 Å². The van der Waals surface area contributed by atoms with Crippen molar-refractivity contribution >= 4 is 5.69 Å². The van der Waals surface area contributed by atoms with E-state index < -0.39 is 6.10 Å². The number of aliphatic hydroxyl groups is 1. The third-order valence-electron chi connectivity index (χ3n) is 3.15. The molecule has 0 bridgehead atoms. The molecule has 4 nitrogen and oxygen atoms in total. The summed E-state index contributed by atoms with van der Waals surface area (Å²) in [6.45, 7) is 10.2. The third-order valence-corrected chi connectivity index (χ3v) is 3.15. The van der Waals surface area contributed by atoms with Crippen LogP contribution in [0.25, 0.3) is 0 Å². The lowest BCUT2D eigenvalue weighted by Crippen LogP contribution is -2.32. The average molecular weight is 281 g/mol. The Kier molecular flexibility index (Phi) is 8.26. The van der Waals surface area contributed by atoms with Crippen molar-refractivity contribution in [1.29, 1.82) is 0 Å². The Morgan fingerprint density at radius 2 is 1.60 bits per heavy atom. The summed E-state index contributed by atoms with van der Waals surface area (Å²) in [7, 11) is 0. The topological polar surface area (TPSA) is 41.9 Å². The van der Waals surface area contributed by atoms with Gasteiger partial charge >= 0.3 is 0 Å². The van der Waals surface area contributed by atoms with Crippen LogP contribution in [0.3, 0.4) is 0 Å². The van der Waals surface area contributed by atoms with E-state index in [0.717, 1.165) is 37.6 Å². The fourth-order valence-electron chi connectivity index (χ4n) is 2.12. The van der Waals surface area contributed by atoms with Crippen LogP contribution in [0.2, 0.25) is 0 Å². The molecule has 0 aliphatic carbocycles. The molecule has 0 aromatic heterocycles. The number of ether oxygens (including phenoxy) is 2. The largest absolute Gasteiger partial charge is 0.389 e. The first kappa shape index (κ1) is 17.0. The van der Waals surface area contributed by atoms with Gasteiger partial charge in [-0.3, -0.25) is 0 Å². The van der Waals surface area contributed by atoms with Crippen LogP contribution >= 0.6 is 0 Å². The first-order chi connectivity index (χ1) is 9.70. The van der Waals surface area contributed by atoms with Crippen molar-refractivity contribution in [2.24, 2.45) is 0 Å². The van der Waals surface area contributed by atoms with Crippen LogP contribution in [0.5, 0.6) is 0 Å². The second-order valence-electron chi connectivity index (χ2n) is 4.62. The van der Waals surface area contributed by atoms with Crippen molar-refractivity contribution in [3.05, 3.63) is 29.8 Å². The molecule has 1 aromatic rings. The highest BCUT2D eigenvalue weighted by molar-refractivity contribution is 5.54. The van der Waals surface area contributed by atoms with E-state index in [2.05, 4.69) is 4.90 Å². The molecular formula is C16H27NO3. The van der Waals surface area contributed by atoms with Crippen LogP contribution in [0.4, 0.5) is 5.69 Å². The SMILES string of the molecule is CCOCCN(CCOCC)c1ccccc1[C@@H](C)O. The summed E-state index contributed by atoms with van der Waals surface area (Å²) >= 11 is 0. The molecule has 0 spiro atoms. The van der Waals surface area contributed by atoms with Crippen molar-refractivity contribution in [2.45, 2.75) is 26.9 Å². The Labute approximate surface area is 122 Å². The quantitative estimate of drug-likeness (QED) is 0.669. The predicted octanol–water partition coefficient (Wildman–Crippen LogP) is 2.62. The normalized spacial score (nSPS) is 12.4. The lowest BCUT2D eigenvalue weighted by Gasteiger charge is -2.27. The first-order valence-corrected chi connectivity index (χ1v) is 7.38. The van der Waals surface area contributed by atoms with E-state index in [4.69, 9.17) is 9.47 Å². The number of para-hydroxylation sites is 1. The summed E-state index contributed by atoms with van der Waals surface area (Å²) < 4.78 is 10.9. The van der Waals surface area contributed by atoms with Gasteiger partial charge in [0, 0.05) is 37.6 Å². The number of hydrogen-bond acceptors (Lipinski definition) is 4. The second kappa shape index (κ2) is 9.75. The second-order valence-corrected chi connectivity index (χ2v) is 4.62. The zero-order valence-corrected chi connectivity index (χ0v) is 12.8. The van der Waals surface area contributed by atoms with Gasteiger partial charge in [0.05, 0.1) is 19.3 Å². The number of benzene rings is 1. The molecule has 1 atom stereocenters. The molecule has 20 heavy (non-hydrogen) atoms. The van der Waals surface area contributed by atoms with Crippen molar-refractivity contribution in [3.8, 4) is 0 Å². The van der Waals surface area contributed by atoms with E-state index >= 15 is 0 Å². The van der Waals surface area contributed by atoms with E-state index in [1.807, 2.05) is 38.1 Å². The van der Waals surface area contributed by atoms with Crippen LogP contribution in [0, 0.1) is 0 Å². The van der Waals surface area contributed by atoms with E-state index in [1.165, 1.54) is 0 Å². The number of aliphatic hydroxyl groups excluding tert-OH is 1. The Morgan fingerprint density at radius 1 is 1.05 bits per heavy atom. The smallest absolute Gasteiger partial charge is 0.0781 e. The maximum atomic E-state index is 9.91. The van der Waals surface area contributed by atoms with Crippen LogP contribution in [0.15, 0.2) is 24.3 Å². The van der Waals surface area contributed by atoms with Gasteiger partial charge in [-0.2, -0.15) is 0 Å². The van der Waals surface area contributed by atoms with Gasteiger partial charge in [-0.05, 0) is 26.8 Å². The fraction of sp³-hybridized carbons (Fsp3) is 0.625. The molecule has 114 valence electrons. The van der Waals surface area contributed by atoms with Gasteiger partial charge in [0.15, 0.2) is 0 Å². The molecule has 4 heteroatoms. The van der Waals surface area contributed by atoms with Crippen molar-refractivity contribution in [3.63, 3.8) is 0 Å². The number of nitrogens with zero attached hydrogens (tertiary/aromatic N) is 1. The van der Waals surface area contributed by atoms with E-state index in [0.29, 0.717) is 13.2 Å². The third kappa shape index (κ3) is 5.49. The highest BCUT2D eigenvalue weighted by atomic mass is 16.5. The molecule has 0 radical (unpaired) electrons. The number of anilines is 1. The van der Waals surface area contributed by atoms with E-state index in [-0.39, 0.29) is 0 Å². The van der Waals surface area contributed by atoms with Gasteiger partial charge in [0.25, 0.3) is 0 Å². The van der Waals surface area contributed by atoms with E-state index in [1.54, 1.807) is 6.92 Å². The standard InChI is InChI=1S/C16H27NO3/c1-4-19-12-10-17(11-13-20-5-2)16-9-7-6-8-15(16)14(3)18/h6-9,14,18H,4-5,10-13H2,1-3H3/t14-/m1/s1. The minimum absolute atomic E-state index is 0.479. The Balaban J connectivity index is 2.79. The van der Waals surface area contributed by atoms with Gasteiger partial charge in [-0.15, -0.1) is 0 Å². The van der Waals surface area contributed by atoms with Crippen molar-refractivity contribution in [1.82, 2.24) is 0 Å². The molecule has 1 aromatic carbocycles. The maximum absolute atomic E-state index is 9.91. The summed E-state index contributed by atoms with van der Waals surface area (Å²) in [4.78, 5) is 2.22. The minimum Gasteiger partial charge on any atom is -0.389 e. The highest BCUT2D eigenvalue weighted by Crippen LogP contribution is 2.25. The summed E-state index contributed by atoms with van der Waals surface area (Å²) in [5.41, 5.74) is 2.00. The molecule has 0 aliphatic rings. The minimum atomic E-state index is -0.479. The van der Waals surface area contributed by atoms with Gasteiger partial charge in [0.1, 0.15) is 0 Å². The number of rotatable bonds is 10. The molecule has 0 aliphatic heterocycles. The Hall–Kier alpha value is -1.10. The number of hydrogen-bond donors (Lipinski definition) is 1. The highest BCUT2D eigenvalue weighted by Gasteiger charge is 2.13. The maximum Gasteiger partial charge on any atom is 0.0781 e. The van der Waals surface area contributed by atoms with Crippen molar-refractivity contribution < 1.29 is 14.6 Å². The molecule has 1 N–H and O–H groups in total. The average Bonchev–Trinajstić information content (AvgIpc) is 2.46. The zero-order chi connectivity index (χ0) is 14.8. The zero-order valence-electron chi connectivity index (χ0n) is 12.8. The lowest BCUT2D eigenvalue weighted by atomic mass is 10.1. The van der Waals surface area contributed by atoms with Gasteiger partial charge in [-0.25, -0.2) is 0 Å². The first-order valence-electron chi connectivity index (χ1n) is 7.38. The molecule has 0 heterocycles. The van der Waals surface area contributed by atoms with Crippen LogP contribution in [-0.2, 0) is 9.47 Å². The molecule has 1 rings (SSSR count). The van der Waals surface area contributed by atoms with Crippen LogP contribution in [0.1, 0.15) is 32.4 Å². The predicted molar refractivity (Wildman–Crippen MR) is 82.3 cm³/mol. The summed E-state index contributed by atoms with van der Waals surface area (Å²) in [6.07, 6.45) is -0.479. The monoisotopic (exact) mass is 281 g/mol. The lowest BCUT2D eigenvalue weighted by molar-refractivity contribution is 0.141. The molecule has 0 fully saturated rings. The fourth-order valence-corrected chi connectivity index (χ4v) is 2.12. The molecule has 0 saturated carbocycles. The molecule has 0 saturated heterocycles. The Bertz CT molecular complexity index is 358. The Morgan fingerprint density at radius 3 is 2.10 bits per heavy atom. The molecule has 0 amide bonds. The summed E-state index contributed by atoms with van der Waals surface area (Å²) in [5.74, 6) is 0. The molecule has 0 unspecified atom stereocenters. The van der Waals surface area contributed by atoms with Crippen LogP contribution < -0.4 is 4.90 Å². The van der Waals surface area contributed by atoms with E-state index in [9.17, 15) is 5.11 Å². The van der Waals surface area contributed by atoms with Gasteiger partial charge in [0.2, 0.25) is 0 Å². The summed E-state index contributed by atoms with van der Waals surface area (Å²) in [5, 5.41) is 9.91. The van der Waals surface area contributed by atoms with Gasteiger partial charge in [-0.1, -0.05) is 18.2 Å². The van der Waals surface area contributed by atoms with Crippen LogP contribution in [-0.4, -0.2) is 44.6 Å². The summed E-state index contributed by atoms with van der Waals surface area (Å²) in [6, 6.07) is 7.96.